The van der Waals surface area contributed by atoms with E-state index in [0.717, 1.165) is 18.6 Å². The van der Waals surface area contributed by atoms with Gasteiger partial charge in [0.1, 0.15) is 5.78 Å². The average Bonchev–Trinajstić information content (AvgIpc) is 2.61. The molecule has 0 radical (unpaired) electrons. The van der Waals surface area contributed by atoms with Gasteiger partial charge in [0.15, 0.2) is 0 Å². The molecule has 2 fully saturated rings. The summed E-state index contributed by atoms with van der Waals surface area (Å²) in [6, 6.07) is 0.355. The topological polar surface area (TPSA) is 29.4 Å². The van der Waals surface area contributed by atoms with Crippen molar-refractivity contribution in [1.29, 1.82) is 0 Å². The summed E-state index contributed by atoms with van der Waals surface area (Å²) in [7, 11) is 0. The second kappa shape index (κ2) is 3.68. The molecule has 90 valence electrons. The van der Waals surface area contributed by atoms with E-state index in [0.29, 0.717) is 29.1 Å². The van der Waals surface area contributed by atoms with Gasteiger partial charge in [-0.2, -0.15) is 0 Å². The second-order valence-electron chi connectivity index (χ2n) is 6.13. The highest BCUT2D eigenvalue weighted by Crippen LogP contribution is 2.68. The first kappa shape index (κ1) is 11.8. The van der Waals surface area contributed by atoms with Crippen LogP contribution in [0.3, 0.4) is 0 Å². The van der Waals surface area contributed by atoms with Gasteiger partial charge < -0.3 is 0 Å². The van der Waals surface area contributed by atoms with E-state index < -0.39 is 0 Å². The fraction of sp³-hybridized carbons (Fsp3) is 0.857. The van der Waals surface area contributed by atoms with Crippen LogP contribution in [0.4, 0.5) is 0 Å². The largest absolute Gasteiger partial charge is 0.299 e. The molecule has 16 heavy (non-hydrogen) atoms. The molecule has 0 aromatic rings. The quantitative estimate of drug-likeness (QED) is 0.673. The molecule has 1 unspecified atom stereocenters. The van der Waals surface area contributed by atoms with E-state index in [1.54, 1.807) is 0 Å². The van der Waals surface area contributed by atoms with Crippen molar-refractivity contribution in [2.45, 2.75) is 53.5 Å². The summed E-state index contributed by atoms with van der Waals surface area (Å²) in [6.07, 6.45) is 1.84. The molecule has 0 saturated heterocycles. The molecule has 0 aromatic heterocycles. The molecule has 2 rings (SSSR count). The second-order valence-corrected chi connectivity index (χ2v) is 6.13. The lowest BCUT2D eigenvalue weighted by Gasteiger charge is -2.17. The molecule has 2 aliphatic carbocycles. The number of hydrogen-bond donors (Lipinski definition) is 0. The lowest BCUT2D eigenvalue weighted by molar-refractivity contribution is -0.120. The highest BCUT2D eigenvalue weighted by atomic mass is 16.1. The Morgan fingerprint density at radius 2 is 2.19 bits per heavy atom. The lowest BCUT2D eigenvalue weighted by atomic mass is 9.89. The van der Waals surface area contributed by atoms with Crippen LogP contribution in [-0.4, -0.2) is 17.5 Å². The molecule has 0 spiro atoms. The van der Waals surface area contributed by atoms with Gasteiger partial charge in [0.25, 0.3) is 0 Å². The van der Waals surface area contributed by atoms with E-state index in [1.165, 1.54) is 0 Å². The van der Waals surface area contributed by atoms with Crippen LogP contribution in [-0.2, 0) is 4.79 Å². The smallest absolute Gasteiger partial charge is 0.142 e. The first-order valence-corrected chi connectivity index (χ1v) is 6.46. The number of Topliss-reactive ketones (excluding diaryl/α,β-unsaturated/α-hetero) is 1. The minimum Gasteiger partial charge on any atom is -0.299 e. The zero-order chi connectivity index (χ0) is 12.1. The Morgan fingerprint density at radius 3 is 2.69 bits per heavy atom. The zero-order valence-electron chi connectivity index (χ0n) is 11.1. The molecule has 2 heteroatoms. The summed E-state index contributed by atoms with van der Waals surface area (Å²) < 4.78 is 0. The van der Waals surface area contributed by atoms with Crippen LogP contribution in [0.1, 0.15) is 47.5 Å². The molecule has 4 atom stereocenters. The van der Waals surface area contributed by atoms with Crippen LogP contribution < -0.4 is 0 Å². The van der Waals surface area contributed by atoms with Gasteiger partial charge in [0.2, 0.25) is 0 Å². The number of rotatable bonds is 3. The zero-order valence-corrected chi connectivity index (χ0v) is 11.1. The SMILES string of the molecule is CC[C@@H](C)N=C(C)C1C(=O)C[C@@H]2[C@H]1C2(C)C. The van der Waals surface area contributed by atoms with Crippen molar-refractivity contribution in [3.8, 4) is 0 Å². The van der Waals surface area contributed by atoms with Crippen molar-refractivity contribution >= 4 is 11.5 Å². The highest BCUT2D eigenvalue weighted by Gasteiger charge is 2.67. The fourth-order valence-corrected chi connectivity index (χ4v) is 3.39. The summed E-state index contributed by atoms with van der Waals surface area (Å²) in [4.78, 5) is 16.6. The maximum Gasteiger partial charge on any atom is 0.142 e. The van der Waals surface area contributed by atoms with E-state index in [9.17, 15) is 4.79 Å². The number of carbonyl (C=O) groups is 1. The number of aliphatic imine (C=N–C) groups is 1. The lowest BCUT2D eigenvalue weighted by Crippen LogP contribution is -2.25. The van der Waals surface area contributed by atoms with Gasteiger partial charge in [0.05, 0.1) is 5.92 Å². The molecule has 0 amide bonds. The Morgan fingerprint density at radius 1 is 1.56 bits per heavy atom. The van der Waals surface area contributed by atoms with E-state index >= 15 is 0 Å². The molecular formula is C14H23NO. The Labute approximate surface area is 98.5 Å². The van der Waals surface area contributed by atoms with Gasteiger partial charge >= 0.3 is 0 Å². The third-order valence-corrected chi connectivity index (χ3v) is 4.73. The standard InChI is InChI=1S/C14H23NO/c1-6-8(2)15-9(3)12-11(16)7-10-13(12)14(10,4)5/h8,10,12-13H,6-7H2,1-5H3/t8-,10-,12?,13-/m1/s1. The molecule has 2 aliphatic rings. The number of ketones is 1. The monoisotopic (exact) mass is 221 g/mol. The molecule has 0 bridgehead atoms. The number of carbonyl (C=O) groups excluding carboxylic acids is 1. The maximum absolute atomic E-state index is 11.9. The summed E-state index contributed by atoms with van der Waals surface area (Å²) >= 11 is 0. The van der Waals surface area contributed by atoms with Gasteiger partial charge in [-0.25, -0.2) is 0 Å². The van der Waals surface area contributed by atoms with Crippen molar-refractivity contribution in [2.24, 2.45) is 28.2 Å². The van der Waals surface area contributed by atoms with Gasteiger partial charge in [0, 0.05) is 18.2 Å². The number of hydrogen-bond acceptors (Lipinski definition) is 2. The van der Waals surface area contributed by atoms with Crippen LogP contribution in [0.5, 0.6) is 0 Å². The molecule has 0 heterocycles. The van der Waals surface area contributed by atoms with Crippen molar-refractivity contribution in [3.05, 3.63) is 0 Å². The van der Waals surface area contributed by atoms with Crippen LogP contribution in [0.15, 0.2) is 4.99 Å². The van der Waals surface area contributed by atoms with Crippen LogP contribution >= 0.6 is 0 Å². The first-order valence-electron chi connectivity index (χ1n) is 6.46. The van der Waals surface area contributed by atoms with Crippen molar-refractivity contribution in [1.82, 2.24) is 0 Å². The summed E-state index contributed by atoms with van der Waals surface area (Å²) in [5.41, 5.74) is 1.46. The van der Waals surface area contributed by atoms with Gasteiger partial charge in [-0.05, 0) is 37.5 Å². The van der Waals surface area contributed by atoms with E-state index in [1.807, 2.05) is 6.92 Å². The molecule has 0 N–H and O–H groups in total. The van der Waals surface area contributed by atoms with Crippen LogP contribution in [0, 0.1) is 23.2 Å². The van der Waals surface area contributed by atoms with Crippen LogP contribution in [0.25, 0.3) is 0 Å². The molecule has 2 nitrogen and oxygen atoms in total. The molecule has 0 aliphatic heterocycles. The number of nitrogens with zero attached hydrogens (tertiary/aromatic N) is 1. The summed E-state index contributed by atoms with van der Waals surface area (Å²) in [5.74, 6) is 1.77. The van der Waals surface area contributed by atoms with Gasteiger partial charge in [-0.15, -0.1) is 0 Å². The number of fused-ring (bicyclic) bond motifs is 1. The summed E-state index contributed by atoms with van der Waals surface area (Å²) in [5, 5.41) is 0. The average molecular weight is 221 g/mol. The summed E-state index contributed by atoms with van der Waals surface area (Å²) in [6.45, 7) is 10.9. The van der Waals surface area contributed by atoms with Crippen molar-refractivity contribution < 1.29 is 4.79 Å². The van der Waals surface area contributed by atoms with Crippen molar-refractivity contribution in [3.63, 3.8) is 0 Å². The Hall–Kier alpha value is -0.660. The maximum atomic E-state index is 11.9. The van der Waals surface area contributed by atoms with E-state index in [-0.39, 0.29) is 5.92 Å². The third-order valence-electron chi connectivity index (χ3n) is 4.73. The molecule has 0 aromatic carbocycles. The Balaban J connectivity index is 2.15. The Bertz CT molecular complexity index is 343. The Kier molecular flexibility index (Phi) is 2.72. The predicted octanol–water partition coefficient (Wildman–Crippen LogP) is 3.11. The minimum atomic E-state index is 0.133. The van der Waals surface area contributed by atoms with Crippen molar-refractivity contribution in [2.75, 3.05) is 0 Å². The first-order chi connectivity index (χ1) is 7.39. The predicted molar refractivity (Wildman–Crippen MR) is 66.7 cm³/mol. The minimum absolute atomic E-state index is 0.133. The van der Waals surface area contributed by atoms with Crippen LogP contribution in [0.2, 0.25) is 0 Å². The third kappa shape index (κ3) is 1.63. The van der Waals surface area contributed by atoms with E-state index in [4.69, 9.17) is 0 Å². The van der Waals surface area contributed by atoms with Gasteiger partial charge in [-0.3, -0.25) is 9.79 Å². The van der Waals surface area contributed by atoms with Gasteiger partial charge in [-0.1, -0.05) is 20.8 Å². The molecule has 2 saturated carbocycles. The molecular weight excluding hydrogens is 198 g/mol. The van der Waals surface area contributed by atoms with E-state index in [2.05, 4.69) is 32.7 Å². The highest BCUT2D eigenvalue weighted by molar-refractivity contribution is 6.07. The fourth-order valence-electron chi connectivity index (χ4n) is 3.39. The normalized spacial score (nSPS) is 38.4.